The Morgan fingerprint density at radius 3 is 3.17 bits per heavy atom. The van der Waals surface area contributed by atoms with Crippen molar-refractivity contribution >= 4 is 11.3 Å². The van der Waals surface area contributed by atoms with Gasteiger partial charge in [0.15, 0.2) is 0 Å². The highest BCUT2D eigenvalue weighted by Crippen LogP contribution is 2.37. The first-order valence-corrected chi connectivity index (χ1v) is 9.01. The van der Waals surface area contributed by atoms with Crippen LogP contribution in [-0.2, 0) is 11.3 Å². The number of hydrogen-bond acceptors (Lipinski definition) is 5. The van der Waals surface area contributed by atoms with Gasteiger partial charge >= 0.3 is 0 Å². The zero-order valence-corrected chi connectivity index (χ0v) is 14.2. The van der Waals surface area contributed by atoms with Crippen LogP contribution in [0, 0.1) is 6.92 Å². The second-order valence-electron chi connectivity index (χ2n) is 6.60. The molecule has 0 saturated carbocycles. The van der Waals surface area contributed by atoms with Gasteiger partial charge in [-0.25, -0.2) is 0 Å². The number of rotatable bonds is 4. The summed E-state index contributed by atoms with van der Waals surface area (Å²) in [5.74, 6) is 0.835. The van der Waals surface area contributed by atoms with Gasteiger partial charge in [-0.05, 0) is 37.6 Å². The van der Waals surface area contributed by atoms with Crippen molar-refractivity contribution in [1.29, 1.82) is 0 Å². The maximum absolute atomic E-state index is 6.18. The van der Waals surface area contributed by atoms with Gasteiger partial charge in [0.2, 0.25) is 0 Å². The van der Waals surface area contributed by atoms with E-state index in [1.54, 1.807) is 12.4 Å². The van der Waals surface area contributed by atoms with Gasteiger partial charge in [-0.2, -0.15) is 0 Å². The van der Waals surface area contributed by atoms with E-state index in [0.717, 1.165) is 38.2 Å². The summed E-state index contributed by atoms with van der Waals surface area (Å²) >= 11 is 1.89. The number of thiophene rings is 1. The van der Waals surface area contributed by atoms with E-state index in [0.29, 0.717) is 6.61 Å². The Morgan fingerprint density at radius 1 is 1.43 bits per heavy atom. The molecule has 0 aromatic carbocycles. The smallest absolute Gasteiger partial charge is 0.138 e. The molecule has 0 radical (unpaired) electrons. The van der Waals surface area contributed by atoms with Crippen LogP contribution in [0.2, 0.25) is 0 Å². The molecular weight excluding hydrogens is 308 g/mol. The normalized spacial score (nSPS) is 27.8. The molecular formula is C18H22N2O2S. The fraction of sp³-hybridized carbons (Fsp3) is 0.500. The SMILES string of the molecule is Cc1ccc(CN2CC[C@@]3(C[C@H](Oc4cccnc4)CO3)C2)s1. The molecule has 2 aromatic rings. The minimum Gasteiger partial charge on any atom is -0.486 e. The van der Waals surface area contributed by atoms with Gasteiger partial charge in [0.05, 0.1) is 18.4 Å². The number of hydrogen-bond donors (Lipinski definition) is 0. The lowest BCUT2D eigenvalue weighted by Crippen LogP contribution is -2.33. The van der Waals surface area contributed by atoms with Gasteiger partial charge in [0, 0.05) is 42.0 Å². The lowest BCUT2D eigenvalue weighted by Gasteiger charge is -2.23. The zero-order chi connectivity index (χ0) is 15.7. The van der Waals surface area contributed by atoms with Crippen molar-refractivity contribution in [2.45, 2.75) is 38.0 Å². The summed E-state index contributed by atoms with van der Waals surface area (Å²) in [4.78, 5) is 9.45. The Kier molecular flexibility index (Phi) is 4.09. The van der Waals surface area contributed by atoms with Crippen LogP contribution in [0.1, 0.15) is 22.6 Å². The maximum atomic E-state index is 6.18. The van der Waals surface area contributed by atoms with Crippen LogP contribution in [0.4, 0.5) is 0 Å². The third kappa shape index (κ3) is 3.42. The first-order valence-electron chi connectivity index (χ1n) is 8.19. The van der Waals surface area contributed by atoms with Crippen LogP contribution in [-0.4, -0.2) is 41.3 Å². The summed E-state index contributed by atoms with van der Waals surface area (Å²) < 4.78 is 12.2. The average molecular weight is 330 g/mol. The van der Waals surface area contributed by atoms with Gasteiger partial charge < -0.3 is 9.47 Å². The van der Waals surface area contributed by atoms with Gasteiger partial charge in [-0.1, -0.05) is 0 Å². The summed E-state index contributed by atoms with van der Waals surface area (Å²) in [5.41, 5.74) is -0.0147. The van der Waals surface area contributed by atoms with E-state index in [-0.39, 0.29) is 11.7 Å². The summed E-state index contributed by atoms with van der Waals surface area (Å²) in [6.07, 6.45) is 5.75. The van der Waals surface area contributed by atoms with E-state index in [1.165, 1.54) is 9.75 Å². The molecule has 2 aromatic heterocycles. The predicted molar refractivity (Wildman–Crippen MR) is 90.9 cm³/mol. The second-order valence-corrected chi connectivity index (χ2v) is 7.97. The second kappa shape index (κ2) is 6.23. The highest BCUT2D eigenvalue weighted by Gasteiger charge is 2.46. The first kappa shape index (κ1) is 15.1. The molecule has 23 heavy (non-hydrogen) atoms. The Bertz CT molecular complexity index is 660. The van der Waals surface area contributed by atoms with Gasteiger partial charge in [-0.3, -0.25) is 9.88 Å². The van der Waals surface area contributed by atoms with E-state index in [2.05, 4.69) is 28.9 Å². The molecule has 0 unspecified atom stereocenters. The quantitative estimate of drug-likeness (QED) is 0.862. The molecule has 2 atom stereocenters. The Balaban J connectivity index is 1.34. The van der Waals surface area contributed by atoms with E-state index >= 15 is 0 Å². The van der Waals surface area contributed by atoms with Crippen LogP contribution in [0.5, 0.6) is 5.75 Å². The number of pyridine rings is 1. The fourth-order valence-electron chi connectivity index (χ4n) is 3.62. The summed E-state index contributed by atoms with van der Waals surface area (Å²) in [6.45, 7) is 6.01. The number of aryl methyl sites for hydroxylation is 1. The molecule has 122 valence electrons. The van der Waals surface area contributed by atoms with Crippen molar-refractivity contribution in [2.75, 3.05) is 19.7 Å². The van der Waals surface area contributed by atoms with Crippen LogP contribution in [0.15, 0.2) is 36.7 Å². The Hall–Kier alpha value is -1.43. The monoisotopic (exact) mass is 330 g/mol. The topological polar surface area (TPSA) is 34.6 Å². The van der Waals surface area contributed by atoms with E-state index in [1.807, 2.05) is 23.5 Å². The van der Waals surface area contributed by atoms with Gasteiger partial charge in [0.25, 0.3) is 0 Å². The van der Waals surface area contributed by atoms with Gasteiger partial charge in [0.1, 0.15) is 11.9 Å². The molecule has 5 heteroatoms. The molecule has 0 amide bonds. The standard InChI is InChI=1S/C18H22N2O2S/c1-14-4-5-17(23-14)11-20-8-6-18(13-20)9-16(12-21-18)22-15-3-2-7-19-10-15/h2-5,7,10,16H,6,8-9,11-13H2,1H3/t16-,18+/m0/s1. The fourth-order valence-corrected chi connectivity index (χ4v) is 4.56. The molecule has 4 nitrogen and oxygen atoms in total. The first-order chi connectivity index (χ1) is 11.2. The molecule has 0 bridgehead atoms. The van der Waals surface area contributed by atoms with E-state index in [9.17, 15) is 0 Å². The minimum atomic E-state index is -0.0147. The molecule has 4 heterocycles. The highest BCUT2D eigenvalue weighted by molar-refractivity contribution is 7.11. The molecule has 0 N–H and O–H groups in total. The molecule has 2 fully saturated rings. The lowest BCUT2D eigenvalue weighted by atomic mass is 9.98. The highest BCUT2D eigenvalue weighted by atomic mass is 32.1. The van der Waals surface area contributed by atoms with Crippen LogP contribution in [0.3, 0.4) is 0 Å². The van der Waals surface area contributed by atoms with Crippen molar-refractivity contribution < 1.29 is 9.47 Å². The van der Waals surface area contributed by atoms with Crippen molar-refractivity contribution in [3.8, 4) is 5.75 Å². The molecule has 2 aliphatic rings. The van der Waals surface area contributed by atoms with Crippen molar-refractivity contribution in [1.82, 2.24) is 9.88 Å². The number of nitrogens with zero attached hydrogens (tertiary/aromatic N) is 2. The van der Waals surface area contributed by atoms with Crippen molar-refractivity contribution in [2.24, 2.45) is 0 Å². The lowest BCUT2D eigenvalue weighted by molar-refractivity contribution is 0.00940. The van der Waals surface area contributed by atoms with Crippen molar-refractivity contribution in [3.63, 3.8) is 0 Å². The van der Waals surface area contributed by atoms with Gasteiger partial charge in [-0.15, -0.1) is 11.3 Å². The molecule has 2 aliphatic heterocycles. The summed E-state index contributed by atoms with van der Waals surface area (Å²) in [5, 5.41) is 0. The average Bonchev–Trinajstić information content (AvgIpc) is 3.24. The Labute approximate surface area is 141 Å². The minimum absolute atomic E-state index is 0.0147. The predicted octanol–water partition coefficient (Wildman–Crippen LogP) is 3.26. The maximum Gasteiger partial charge on any atom is 0.138 e. The van der Waals surface area contributed by atoms with Crippen LogP contribution >= 0.6 is 11.3 Å². The molecule has 4 rings (SSSR count). The van der Waals surface area contributed by atoms with Crippen LogP contribution in [0.25, 0.3) is 0 Å². The number of likely N-dealkylation sites (tertiary alicyclic amines) is 1. The summed E-state index contributed by atoms with van der Waals surface area (Å²) in [6, 6.07) is 8.31. The third-order valence-electron chi connectivity index (χ3n) is 4.68. The number of aromatic nitrogens is 1. The third-order valence-corrected chi connectivity index (χ3v) is 5.67. The Morgan fingerprint density at radius 2 is 2.39 bits per heavy atom. The van der Waals surface area contributed by atoms with E-state index in [4.69, 9.17) is 9.47 Å². The van der Waals surface area contributed by atoms with Crippen LogP contribution < -0.4 is 4.74 Å². The molecule has 2 saturated heterocycles. The largest absolute Gasteiger partial charge is 0.486 e. The summed E-state index contributed by atoms with van der Waals surface area (Å²) in [7, 11) is 0. The molecule has 1 spiro atoms. The zero-order valence-electron chi connectivity index (χ0n) is 13.4. The number of ether oxygens (including phenoxy) is 2. The van der Waals surface area contributed by atoms with Crippen molar-refractivity contribution in [3.05, 3.63) is 46.4 Å². The molecule has 0 aliphatic carbocycles. The van der Waals surface area contributed by atoms with E-state index < -0.39 is 0 Å².